The van der Waals surface area contributed by atoms with Gasteiger partial charge in [-0.05, 0) is 77.9 Å². The summed E-state index contributed by atoms with van der Waals surface area (Å²) in [5.74, 6) is -0.282. The number of allylic oxidation sites excluding steroid dienone is 1. The molecule has 0 bridgehead atoms. The third-order valence-corrected chi connectivity index (χ3v) is 9.19. The number of benzene rings is 3. The first-order chi connectivity index (χ1) is 18.3. The minimum absolute atomic E-state index is 0.00747. The van der Waals surface area contributed by atoms with Gasteiger partial charge in [0.2, 0.25) is 0 Å². The van der Waals surface area contributed by atoms with Crippen LogP contribution >= 0.6 is 11.6 Å². The van der Waals surface area contributed by atoms with Crippen molar-refractivity contribution >= 4 is 32.6 Å². The molecule has 0 amide bonds. The van der Waals surface area contributed by atoms with Crippen LogP contribution in [-0.4, -0.2) is 56.6 Å². The molecule has 0 radical (unpaired) electrons. The molecule has 0 aromatic heterocycles. The molecule has 3 aromatic carbocycles. The van der Waals surface area contributed by atoms with Crippen molar-refractivity contribution in [2.24, 2.45) is 0 Å². The maximum Gasteiger partial charge on any atom is 0.179 e. The van der Waals surface area contributed by atoms with Gasteiger partial charge in [0, 0.05) is 25.2 Å². The minimum Gasteiger partial charge on any atom is -0.508 e. The van der Waals surface area contributed by atoms with E-state index in [0.717, 1.165) is 19.5 Å². The van der Waals surface area contributed by atoms with E-state index >= 15 is 0 Å². The number of hydrogen-bond acceptors (Lipinski definition) is 5. The number of aromatic hydroxyl groups is 1. The molecule has 2 aliphatic heterocycles. The number of phenols is 1. The van der Waals surface area contributed by atoms with Crippen molar-refractivity contribution in [1.82, 2.24) is 4.90 Å². The molecule has 1 fully saturated rings. The second kappa shape index (κ2) is 11.0. The van der Waals surface area contributed by atoms with Gasteiger partial charge < -0.3 is 9.84 Å². The fraction of sp³-hybridized carbons (Fsp3) is 0.310. The Morgan fingerprint density at radius 3 is 2.63 bits per heavy atom. The van der Waals surface area contributed by atoms with Gasteiger partial charge >= 0.3 is 0 Å². The first-order valence-corrected chi connectivity index (χ1v) is 14.6. The van der Waals surface area contributed by atoms with E-state index in [2.05, 4.69) is 4.90 Å². The van der Waals surface area contributed by atoms with Crippen LogP contribution < -0.4 is 4.74 Å². The van der Waals surface area contributed by atoms with E-state index in [-0.39, 0.29) is 40.6 Å². The fourth-order valence-corrected chi connectivity index (χ4v) is 6.96. The molecule has 5 rings (SSSR count). The summed E-state index contributed by atoms with van der Waals surface area (Å²) in [6.07, 6.45) is 1.50. The summed E-state index contributed by atoms with van der Waals surface area (Å²) in [6, 6.07) is 16.1. The number of rotatable bonds is 7. The fourth-order valence-electron chi connectivity index (χ4n) is 5.22. The van der Waals surface area contributed by atoms with E-state index in [1.165, 1.54) is 18.2 Å². The van der Waals surface area contributed by atoms with Gasteiger partial charge in [0.15, 0.2) is 9.84 Å². The van der Waals surface area contributed by atoms with E-state index in [1.807, 2.05) is 24.3 Å². The van der Waals surface area contributed by atoms with Gasteiger partial charge in [0.1, 0.15) is 23.4 Å². The number of hydrogen-bond donors (Lipinski definition) is 1. The van der Waals surface area contributed by atoms with E-state index < -0.39 is 15.7 Å². The van der Waals surface area contributed by atoms with Crippen LogP contribution in [0.1, 0.15) is 36.0 Å². The summed E-state index contributed by atoms with van der Waals surface area (Å²) in [4.78, 5) is 2.21. The Bertz CT molecular complexity index is 1470. The van der Waals surface area contributed by atoms with E-state index in [9.17, 15) is 22.3 Å². The molecule has 3 aromatic rings. The maximum absolute atomic E-state index is 14.5. The number of fused-ring (bicyclic) bond motifs is 1. The molecule has 2 heterocycles. The van der Waals surface area contributed by atoms with Crippen LogP contribution in [0.3, 0.4) is 0 Å². The average molecular weight is 560 g/mol. The molecule has 1 N–H and O–H groups in total. The van der Waals surface area contributed by atoms with Crippen LogP contribution in [0, 0.1) is 5.82 Å². The van der Waals surface area contributed by atoms with Gasteiger partial charge in [-0.15, -0.1) is 0 Å². The summed E-state index contributed by atoms with van der Waals surface area (Å²) in [6.45, 7) is 1.99. The third kappa shape index (κ3) is 5.44. The molecule has 0 spiro atoms. The molecule has 2 aliphatic rings. The van der Waals surface area contributed by atoms with E-state index in [0.29, 0.717) is 46.6 Å². The van der Waals surface area contributed by atoms with Crippen molar-refractivity contribution in [2.45, 2.75) is 30.3 Å². The van der Waals surface area contributed by atoms with E-state index in [4.69, 9.17) is 16.3 Å². The largest absolute Gasteiger partial charge is 0.508 e. The van der Waals surface area contributed by atoms with Crippen molar-refractivity contribution in [2.75, 3.05) is 32.1 Å². The predicted octanol–water partition coefficient (Wildman–Crippen LogP) is 6.13. The number of ether oxygens (including phenoxy) is 1. The first kappa shape index (κ1) is 26.7. The Balaban J connectivity index is 1.56. The second-order valence-corrected chi connectivity index (χ2v) is 12.1. The monoisotopic (exact) mass is 559 g/mol. The summed E-state index contributed by atoms with van der Waals surface area (Å²) in [5.41, 5.74) is 2.78. The number of nitrogens with zero attached hydrogens (tertiary/aromatic N) is 1. The van der Waals surface area contributed by atoms with Gasteiger partial charge in [-0.1, -0.05) is 35.9 Å². The zero-order chi connectivity index (χ0) is 26.9. The highest BCUT2D eigenvalue weighted by Crippen LogP contribution is 2.44. The van der Waals surface area contributed by atoms with Gasteiger partial charge in [0.05, 0.1) is 22.3 Å². The third-order valence-electron chi connectivity index (χ3n) is 7.05. The lowest BCUT2D eigenvalue weighted by atomic mass is 9.88. The standard InChI is InChI=1S/C29H28ClF2NO4S/c30-29-24(3-1-4-26(29)32)23-12-16-38(35,36)27-17-20(34)7-10-25(27)28(23)19-5-8-21(9-6-19)37-22-11-15-33(18-22)14-2-13-31/h1,3-10,17,22,34H,2,11-16,18H2/t22-/m0/s1. The summed E-state index contributed by atoms with van der Waals surface area (Å²) >= 11 is 6.38. The lowest BCUT2D eigenvalue weighted by Crippen LogP contribution is -2.26. The first-order valence-electron chi connectivity index (χ1n) is 12.6. The Morgan fingerprint density at radius 2 is 1.87 bits per heavy atom. The molecule has 38 heavy (non-hydrogen) atoms. The molecule has 0 saturated carbocycles. The highest BCUT2D eigenvalue weighted by Gasteiger charge is 2.30. The highest BCUT2D eigenvalue weighted by molar-refractivity contribution is 7.91. The molecular weight excluding hydrogens is 532 g/mol. The molecular formula is C29H28ClF2NO4S. The van der Waals surface area contributed by atoms with Gasteiger partial charge in [0.25, 0.3) is 0 Å². The number of alkyl halides is 1. The Labute approximate surface area is 226 Å². The van der Waals surface area contributed by atoms with E-state index in [1.54, 1.807) is 18.2 Å². The quantitative estimate of drug-likeness (QED) is 0.377. The van der Waals surface area contributed by atoms with Crippen molar-refractivity contribution < 1.29 is 27.0 Å². The number of sulfone groups is 1. The van der Waals surface area contributed by atoms with Gasteiger partial charge in [-0.25, -0.2) is 12.8 Å². The zero-order valence-electron chi connectivity index (χ0n) is 20.7. The average Bonchev–Trinajstić information content (AvgIpc) is 3.31. The summed E-state index contributed by atoms with van der Waals surface area (Å²) < 4.78 is 59.5. The predicted molar refractivity (Wildman–Crippen MR) is 145 cm³/mol. The molecule has 1 saturated heterocycles. The van der Waals surface area contributed by atoms with Crippen molar-refractivity contribution in [3.8, 4) is 11.5 Å². The Kier molecular flexibility index (Phi) is 7.75. The Morgan fingerprint density at radius 1 is 1.08 bits per heavy atom. The SMILES string of the molecule is O=S1(=O)CCC(c2cccc(F)c2Cl)=C(c2ccc(O[C@H]3CCN(CCCF)C3)cc2)c2ccc(O)cc21. The molecule has 1 atom stereocenters. The second-order valence-electron chi connectivity index (χ2n) is 9.60. The topological polar surface area (TPSA) is 66.8 Å². The molecule has 200 valence electrons. The lowest BCUT2D eigenvalue weighted by Gasteiger charge is -2.19. The van der Waals surface area contributed by atoms with Gasteiger partial charge in [-0.3, -0.25) is 9.29 Å². The van der Waals surface area contributed by atoms with Crippen molar-refractivity contribution in [3.63, 3.8) is 0 Å². The summed E-state index contributed by atoms with van der Waals surface area (Å²) in [5, 5.41) is 10.0. The normalized spacial score (nSPS) is 19.3. The highest BCUT2D eigenvalue weighted by atomic mass is 35.5. The molecule has 0 unspecified atom stereocenters. The number of likely N-dealkylation sites (tertiary alicyclic amines) is 1. The van der Waals surface area contributed by atoms with Crippen molar-refractivity contribution in [3.05, 3.63) is 88.2 Å². The smallest absolute Gasteiger partial charge is 0.179 e. The van der Waals surface area contributed by atoms with Crippen molar-refractivity contribution in [1.29, 1.82) is 0 Å². The maximum atomic E-state index is 14.5. The van der Waals surface area contributed by atoms with Crippen LogP contribution in [0.25, 0.3) is 11.1 Å². The van der Waals surface area contributed by atoms with Crippen LogP contribution in [0.2, 0.25) is 5.02 Å². The summed E-state index contributed by atoms with van der Waals surface area (Å²) in [7, 11) is -3.73. The molecule has 0 aliphatic carbocycles. The minimum atomic E-state index is -3.73. The van der Waals surface area contributed by atoms with Gasteiger partial charge in [-0.2, -0.15) is 0 Å². The number of halogens is 3. The van der Waals surface area contributed by atoms with Crippen LogP contribution in [0.5, 0.6) is 11.5 Å². The molecule has 5 nitrogen and oxygen atoms in total. The Hall–Kier alpha value is -2.94. The lowest BCUT2D eigenvalue weighted by molar-refractivity contribution is 0.198. The number of phenolic OH excluding ortho intramolecular Hbond substituents is 1. The zero-order valence-corrected chi connectivity index (χ0v) is 22.2. The van der Waals surface area contributed by atoms with Crippen LogP contribution in [0.4, 0.5) is 8.78 Å². The molecule has 9 heteroatoms. The van der Waals surface area contributed by atoms with Crippen LogP contribution in [0.15, 0.2) is 65.6 Å². The van der Waals surface area contributed by atoms with Crippen LogP contribution in [-0.2, 0) is 9.84 Å².